The van der Waals surface area contributed by atoms with Crippen LogP contribution in [0.25, 0.3) is 11.4 Å². The van der Waals surface area contributed by atoms with E-state index in [0.717, 1.165) is 30.7 Å². The lowest BCUT2D eigenvalue weighted by atomic mass is 9.97. The van der Waals surface area contributed by atoms with E-state index in [1.807, 2.05) is 29.2 Å². The first-order chi connectivity index (χ1) is 12.1. The number of hydrogen-bond donors (Lipinski definition) is 0. The summed E-state index contributed by atoms with van der Waals surface area (Å²) in [6.45, 7) is 5.61. The first-order valence-electron chi connectivity index (χ1n) is 8.82. The van der Waals surface area contributed by atoms with Gasteiger partial charge in [-0.2, -0.15) is 4.98 Å². The summed E-state index contributed by atoms with van der Waals surface area (Å²) < 4.78 is 10.7. The highest BCUT2D eigenvalue weighted by molar-refractivity contribution is 5.76. The summed E-state index contributed by atoms with van der Waals surface area (Å²) in [4.78, 5) is 18.8. The average molecular weight is 343 g/mol. The number of carbonyl (C=O) groups is 1. The van der Waals surface area contributed by atoms with Gasteiger partial charge in [0.1, 0.15) is 5.75 Å². The van der Waals surface area contributed by atoms with Crippen molar-refractivity contribution in [1.82, 2.24) is 15.0 Å². The molecule has 1 aliphatic heterocycles. The smallest absolute Gasteiger partial charge is 0.231 e. The van der Waals surface area contributed by atoms with E-state index in [9.17, 15) is 4.79 Å². The Morgan fingerprint density at radius 1 is 1.44 bits per heavy atom. The molecule has 1 aliphatic rings. The summed E-state index contributed by atoms with van der Waals surface area (Å²) in [6.07, 6.45) is 2.52. The van der Waals surface area contributed by atoms with Gasteiger partial charge in [-0.3, -0.25) is 4.79 Å². The van der Waals surface area contributed by atoms with Crippen LogP contribution in [-0.2, 0) is 4.79 Å². The number of likely N-dealkylation sites (tertiary alicyclic amines) is 1. The largest absolute Gasteiger partial charge is 0.497 e. The molecule has 0 spiro atoms. The fourth-order valence-electron chi connectivity index (χ4n) is 3.16. The van der Waals surface area contributed by atoms with Gasteiger partial charge in [-0.05, 0) is 30.9 Å². The Hall–Kier alpha value is -2.37. The molecule has 1 amide bonds. The van der Waals surface area contributed by atoms with Crippen LogP contribution in [0.2, 0.25) is 0 Å². The minimum atomic E-state index is 0.108. The lowest BCUT2D eigenvalue weighted by Crippen LogP contribution is -2.39. The highest BCUT2D eigenvalue weighted by Crippen LogP contribution is 2.29. The van der Waals surface area contributed by atoms with Crippen LogP contribution in [0.4, 0.5) is 0 Å². The monoisotopic (exact) mass is 343 g/mol. The van der Waals surface area contributed by atoms with Gasteiger partial charge >= 0.3 is 0 Å². The summed E-state index contributed by atoms with van der Waals surface area (Å²) in [5.41, 5.74) is 0.859. The molecule has 1 saturated heterocycles. The number of carbonyl (C=O) groups excluding carboxylic acids is 1. The molecule has 1 atom stereocenters. The molecule has 0 aliphatic carbocycles. The number of methoxy groups -OCH3 is 1. The zero-order valence-electron chi connectivity index (χ0n) is 15.1. The number of ether oxygens (including phenoxy) is 1. The molecule has 134 valence electrons. The van der Waals surface area contributed by atoms with E-state index in [-0.39, 0.29) is 11.8 Å². The number of benzene rings is 1. The van der Waals surface area contributed by atoms with Crippen LogP contribution >= 0.6 is 0 Å². The standard InChI is InChI=1S/C19H25N3O3/c1-13(2)10-17(23)22-9-5-7-15(12-22)19-20-18(21-25-19)14-6-4-8-16(11-14)24-3/h4,6,8,11,13,15H,5,7,9-10,12H2,1-3H3/t15-/m1/s1. The maximum absolute atomic E-state index is 12.3. The number of rotatable bonds is 5. The average Bonchev–Trinajstić information content (AvgIpc) is 3.11. The predicted molar refractivity (Wildman–Crippen MR) is 94.3 cm³/mol. The molecule has 1 fully saturated rings. The zero-order chi connectivity index (χ0) is 17.8. The molecular weight excluding hydrogens is 318 g/mol. The highest BCUT2D eigenvalue weighted by Gasteiger charge is 2.28. The Morgan fingerprint density at radius 3 is 3.04 bits per heavy atom. The summed E-state index contributed by atoms with van der Waals surface area (Å²) in [5.74, 6) is 2.62. The summed E-state index contributed by atoms with van der Waals surface area (Å²) >= 11 is 0. The Balaban J connectivity index is 1.72. The molecule has 0 unspecified atom stereocenters. The minimum absolute atomic E-state index is 0.108. The maximum Gasteiger partial charge on any atom is 0.231 e. The van der Waals surface area contributed by atoms with Gasteiger partial charge in [0.2, 0.25) is 17.6 Å². The van der Waals surface area contributed by atoms with Gasteiger partial charge in [-0.25, -0.2) is 0 Å². The molecule has 0 saturated carbocycles. The second-order valence-corrected chi connectivity index (χ2v) is 6.97. The van der Waals surface area contributed by atoms with Crippen LogP contribution < -0.4 is 4.74 Å². The molecule has 1 aromatic carbocycles. The normalized spacial score (nSPS) is 17.8. The Kier molecular flexibility index (Phi) is 5.36. The van der Waals surface area contributed by atoms with E-state index < -0.39 is 0 Å². The van der Waals surface area contributed by atoms with Crippen LogP contribution in [0.1, 0.15) is 44.9 Å². The topological polar surface area (TPSA) is 68.5 Å². The Morgan fingerprint density at radius 2 is 2.28 bits per heavy atom. The number of hydrogen-bond acceptors (Lipinski definition) is 5. The van der Waals surface area contributed by atoms with Crippen molar-refractivity contribution in [2.45, 2.75) is 39.0 Å². The number of nitrogens with zero attached hydrogens (tertiary/aromatic N) is 3. The third-order valence-electron chi connectivity index (χ3n) is 4.48. The SMILES string of the molecule is COc1cccc(-c2noc([C@@H]3CCCN(C(=O)CC(C)C)C3)n2)c1. The third kappa shape index (κ3) is 4.18. The van der Waals surface area contributed by atoms with Gasteiger partial charge in [0.15, 0.2) is 0 Å². The van der Waals surface area contributed by atoms with E-state index in [1.54, 1.807) is 7.11 Å². The summed E-state index contributed by atoms with van der Waals surface area (Å²) in [6, 6.07) is 7.59. The number of piperidine rings is 1. The van der Waals surface area contributed by atoms with Crippen molar-refractivity contribution in [2.24, 2.45) is 5.92 Å². The van der Waals surface area contributed by atoms with Crippen molar-refractivity contribution in [1.29, 1.82) is 0 Å². The maximum atomic E-state index is 12.3. The molecule has 1 aromatic heterocycles. The van der Waals surface area contributed by atoms with E-state index in [2.05, 4.69) is 24.0 Å². The second-order valence-electron chi connectivity index (χ2n) is 6.97. The summed E-state index contributed by atoms with van der Waals surface area (Å²) in [5, 5.41) is 4.11. The lowest BCUT2D eigenvalue weighted by molar-refractivity contribution is -0.133. The van der Waals surface area contributed by atoms with Crippen LogP contribution in [0, 0.1) is 5.92 Å². The van der Waals surface area contributed by atoms with Crippen molar-refractivity contribution < 1.29 is 14.1 Å². The van der Waals surface area contributed by atoms with Gasteiger partial charge in [0, 0.05) is 25.1 Å². The first-order valence-corrected chi connectivity index (χ1v) is 8.82. The fraction of sp³-hybridized carbons (Fsp3) is 0.526. The van der Waals surface area contributed by atoms with E-state index in [0.29, 0.717) is 30.6 Å². The van der Waals surface area contributed by atoms with Gasteiger partial charge in [0.25, 0.3) is 0 Å². The minimum Gasteiger partial charge on any atom is -0.497 e. The number of amides is 1. The zero-order valence-corrected chi connectivity index (χ0v) is 15.1. The molecule has 0 N–H and O–H groups in total. The fourth-order valence-corrected chi connectivity index (χ4v) is 3.16. The molecule has 6 nitrogen and oxygen atoms in total. The van der Waals surface area contributed by atoms with Crippen molar-refractivity contribution >= 4 is 5.91 Å². The van der Waals surface area contributed by atoms with Crippen molar-refractivity contribution in [3.8, 4) is 17.1 Å². The van der Waals surface area contributed by atoms with Gasteiger partial charge in [-0.1, -0.05) is 31.1 Å². The highest BCUT2D eigenvalue weighted by atomic mass is 16.5. The van der Waals surface area contributed by atoms with Crippen LogP contribution in [0.15, 0.2) is 28.8 Å². The molecule has 2 aromatic rings. The molecule has 6 heteroatoms. The Labute approximate surface area is 148 Å². The predicted octanol–water partition coefficient (Wildman–Crippen LogP) is 3.50. The van der Waals surface area contributed by atoms with Gasteiger partial charge in [-0.15, -0.1) is 0 Å². The van der Waals surface area contributed by atoms with Crippen molar-refractivity contribution in [2.75, 3.05) is 20.2 Å². The number of aromatic nitrogens is 2. The first kappa shape index (κ1) is 17.5. The molecule has 3 rings (SSSR count). The Bertz CT molecular complexity index is 726. The summed E-state index contributed by atoms with van der Waals surface area (Å²) in [7, 11) is 1.63. The van der Waals surface area contributed by atoms with Crippen LogP contribution in [0.3, 0.4) is 0 Å². The molecule has 2 heterocycles. The van der Waals surface area contributed by atoms with Crippen LogP contribution in [-0.4, -0.2) is 41.1 Å². The molecule has 0 bridgehead atoms. The van der Waals surface area contributed by atoms with Crippen LogP contribution in [0.5, 0.6) is 5.75 Å². The van der Waals surface area contributed by atoms with Crippen molar-refractivity contribution in [3.05, 3.63) is 30.2 Å². The quantitative estimate of drug-likeness (QED) is 0.831. The lowest BCUT2D eigenvalue weighted by Gasteiger charge is -2.31. The van der Waals surface area contributed by atoms with E-state index >= 15 is 0 Å². The third-order valence-corrected chi connectivity index (χ3v) is 4.48. The molecular formula is C19H25N3O3. The molecule has 25 heavy (non-hydrogen) atoms. The second kappa shape index (κ2) is 7.68. The van der Waals surface area contributed by atoms with Gasteiger partial charge in [0.05, 0.1) is 13.0 Å². The van der Waals surface area contributed by atoms with Crippen molar-refractivity contribution in [3.63, 3.8) is 0 Å². The van der Waals surface area contributed by atoms with E-state index in [4.69, 9.17) is 9.26 Å². The molecule has 0 radical (unpaired) electrons. The van der Waals surface area contributed by atoms with E-state index in [1.165, 1.54) is 0 Å². The van der Waals surface area contributed by atoms with Gasteiger partial charge < -0.3 is 14.2 Å².